The van der Waals surface area contributed by atoms with Gasteiger partial charge in [0, 0.05) is 31.7 Å². The number of aromatic nitrogens is 3. The predicted molar refractivity (Wildman–Crippen MR) is 107 cm³/mol. The number of carbonyl (C=O) groups is 1. The first-order valence-electron chi connectivity index (χ1n) is 10.7. The van der Waals surface area contributed by atoms with Gasteiger partial charge in [-0.1, -0.05) is 12.8 Å². The number of hydrogen-bond donors (Lipinski definition) is 3. The summed E-state index contributed by atoms with van der Waals surface area (Å²) in [6.07, 6.45) is 10.7. The van der Waals surface area contributed by atoms with Gasteiger partial charge in [0.25, 0.3) is 0 Å². The van der Waals surface area contributed by atoms with Gasteiger partial charge in [0.2, 0.25) is 5.91 Å². The van der Waals surface area contributed by atoms with Crippen LogP contribution < -0.4 is 10.2 Å². The number of aliphatic hydroxyl groups excluding tert-OH is 1. The van der Waals surface area contributed by atoms with Gasteiger partial charge in [-0.25, -0.2) is 9.97 Å². The second-order valence-electron chi connectivity index (χ2n) is 8.92. The van der Waals surface area contributed by atoms with Crippen LogP contribution in [0.2, 0.25) is 0 Å². The maximum Gasteiger partial charge on any atom is 0.223 e. The highest BCUT2D eigenvalue weighted by Crippen LogP contribution is 2.56. The zero-order valence-corrected chi connectivity index (χ0v) is 16.2. The van der Waals surface area contributed by atoms with Crippen LogP contribution in [0.3, 0.4) is 0 Å². The van der Waals surface area contributed by atoms with E-state index < -0.39 is 6.10 Å². The molecule has 7 nitrogen and oxygen atoms in total. The number of H-pyrrole nitrogens is 1. The van der Waals surface area contributed by atoms with E-state index in [1.807, 2.05) is 12.3 Å². The van der Waals surface area contributed by atoms with E-state index in [1.54, 1.807) is 6.33 Å². The molecule has 0 bridgehead atoms. The summed E-state index contributed by atoms with van der Waals surface area (Å²) in [6.45, 7) is 2.09. The number of rotatable bonds is 5. The molecule has 2 saturated carbocycles. The largest absolute Gasteiger partial charge is 0.391 e. The number of aromatic amines is 1. The van der Waals surface area contributed by atoms with Gasteiger partial charge in [-0.05, 0) is 49.5 Å². The minimum Gasteiger partial charge on any atom is -0.391 e. The molecule has 1 saturated heterocycles. The molecule has 0 radical (unpaired) electrons. The molecule has 1 amide bonds. The van der Waals surface area contributed by atoms with Crippen LogP contribution in [0.5, 0.6) is 0 Å². The molecule has 150 valence electrons. The first-order valence-corrected chi connectivity index (χ1v) is 10.7. The normalized spacial score (nSPS) is 25.3. The molecule has 28 heavy (non-hydrogen) atoms. The van der Waals surface area contributed by atoms with Crippen LogP contribution in [0.4, 0.5) is 5.82 Å². The summed E-state index contributed by atoms with van der Waals surface area (Å²) in [5.41, 5.74) is 0.921. The zero-order valence-electron chi connectivity index (χ0n) is 16.2. The lowest BCUT2D eigenvalue weighted by atomic mass is 9.81. The number of anilines is 1. The van der Waals surface area contributed by atoms with Crippen LogP contribution in [0, 0.1) is 17.3 Å². The van der Waals surface area contributed by atoms with E-state index in [4.69, 9.17) is 0 Å². The predicted octanol–water partition coefficient (Wildman–Crippen LogP) is 2.23. The minimum atomic E-state index is -0.399. The number of amides is 1. The van der Waals surface area contributed by atoms with Gasteiger partial charge in [-0.15, -0.1) is 0 Å². The van der Waals surface area contributed by atoms with E-state index in [-0.39, 0.29) is 17.2 Å². The topological polar surface area (TPSA) is 94.1 Å². The van der Waals surface area contributed by atoms with Crippen LogP contribution in [-0.2, 0) is 4.79 Å². The number of nitrogens with one attached hydrogen (secondary N) is 2. The van der Waals surface area contributed by atoms with Gasteiger partial charge >= 0.3 is 0 Å². The van der Waals surface area contributed by atoms with E-state index in [0.29, 0.717) is 12.5 Å². The maximum atomic E-state index is 12.9. The summed E-state index contributed by atoms with van der Waals surface area (Å²) in [5, 5.41) is 14.5. The van der Waals surface area contributed by atoms with Crippen molar-refractivity contribution in [1.29, 1.82) is 0 Å². The molecule has 3 fully saturated rings. The second kappa shape index (κ2) is 7.03. The third kappa shape index (κ3) is 3.15. The highest BCUT2D eigenvalue weighted by molar-refractivity contribution is 5.87. The molecule has 0 aromatic carbocycles. The first kappa shape index (κ1) is 17.9. The number of carbonyl (C=O) groups excluding carboxylic acids is 1. The van der Waals surface area contributed by atoms with E-state index in [1.165, 1.54) is 12.8 Å². The summed E-state index contributed by atoms with van der Waals surface area (Å²) in [4.78, 5) is 27.2. The van der Waals surface area contributed by atoms with Gasteiger partial charge in [0.05, 0.1) is 11.5 Å². The van der Waals surface area contributed by atoms with Crippen molar-refractivity contribution in [3.63, 3.8) is 0 Å². The van der Waals surface area contributed by atoms with Crippen LogP contribution in [0.15, 0.2) is 18.6 Å². The third-order valence-electron chi connectivity index (χ3n) is 7.20. The maximum absolute atomic E-state index is 12.9. The fourth-order valence-electron chi connectivity index (χ4n) is 5.37. The molecule has 2 aromatic rings. The van der Waals surface area contributed by atoms with Gasteiger partial charge in [-0.3, -0.25) is 4.79 Å². The fourth-order valence-corrected chi connectivity index (χ4v) is 5.37. The van der Waals surface area contributed by atoms with Crippen LogP contribution in [0.25, 0.3) is 11.0 Å². The van der Waals surface area contributed by atoms with E-state index >= 15 is 0 Å². The molecule has 0 unspecified atom stereocenters. The molecule has 3 N–H and O–H groups in total. The van der Waals surface area contributed by atoms with Crippen molar-refractivity contribution in [2.75, 3.05) is 24.5 Å². The minimum absolute atomic E-state index is 0.0445. The van der Waals surface area contributed by atoms with Gasteiger partial charge in [0.15, 0.2) is 0 Å². The molecule has 1 spiro atoms. The Hall–Kier alpha value is -2.15. The van der Waals surface area contributed by atoms with Crippen molar-refractivity contribution in [1.82, 2.24) is 20.3 Å². The Kier molecular flexibility index (Phi) is 4.50. The zero-order chi connectivity index (χ0) is 19.1. The molecule has 1 aliphatic heterocycles. The Morgan fingerprint density at radius 1 is 1.32 bits per heavy atom. The Labute approximate surface area is 164 Å². The average molecular weight is 383 g/mol. The molecule has 3 aliphatic rings. The monoisotopic (exact) mass is 383 g/mol. The van der Waals surface area contributed by atoms with Crippen LogP contribution in [0.1, 0.15) is 44.9 Å². The van der Waals surface area contributed by atoms with Gasteiger partial charge < -0.3 is 20.3 Å². The van der Waals surface area contributed by atoms with E-state index in [9.17, 15) is 9.90 Å². The lowest BCUT2D eigenvalue weighted by Crippen LogP contribution is -2.49. The second-order valence-corrected chi connectivity index (χ2v) is 8.92. The SMILES string of the molecule is O=C(NC[C@@H](O)C1CCCC1)[C@H]1CCN(c2ncnc3[nH]ccc23)CC12CC2. The summed E-state index contributed by atoms with van der Waals surface area (Å²) in [6, 6.07) is 2.02. The Bertz CT molecular complexity index is 855. The number of piperidine rings is 1. The van der Waals surface area contributed by atoms with Crippen molar-refractivity contribution in [3.8, 4) is 0 Å². The van der Waals surface area contributed by atoms with Gasteiger partial charge in [0.1, 0.15) is 17.8 Å². The van der Waals surface area contributed by atoms with Crippen molar-refractivity contribution in [2.24, 2.45) is 17.3 Å². The quantitative estimate of drug-likeness (QED) is 0.736. The highest BCUT2D eigenvalue weighted by atomic mass is 16.3. The average Bonchev–Trinajstić information content (AvgIpc) is 3.15. The molecular formula is C21H29N5O2. The molecular weight excluding hydrogens is 354 g/mol. The van der Waals surface area contributed by atoms with Crippen molar-refractivity contribution < 1.29 is 9.90 Å². The Morgan fingerprint density at radius 2 is 2.14 bits per heavy atom. The standard InChI is InChI=1S/C21H29N5O2/c27-17(14-3-1-2-4-14)11-23-20(28)16-6-10-26(12-21(16)7-8-21)19-15-5-9-22-18(15)24-13-25-19/h5,9,13-14,16-17,27H,1-4,6-8,10-12H2,(H,23,28)(H,22,24,25)/t16-,17-/m1/s1. The molecule has 2 atom stereocenters. The van der Waals surface area contributed by atoms with Crippen LogP contribution in [-0.4, -0.2) is 51.7 Å². The van der Waals surface area contributed by atoms with Crippen LogP contribution >= 0.6 is 0 Å². The number of nitrogens with zero attached hydrogens (tertiary/aromatic N) is 3. The summed E-state index contributed by atoms with van der Waals surface area (Å²) >= 11 is 0. The molecule has 2 aliphatic carbocycles. The smallest absolute Gasteiger partial charge is 0.223 e. The van der Waals surface area contributed by atoms with Crippen molar-refractivity contribution in [3.05, 3.63) is 18.6 Å². The summed E-state index contributed by atoms with van der Waals surface area (Å²) < 4.78 is 0. The first-order chi connectivity index (χ1) is 13.7. The lowest BCUT2D eigenvalue weighted by molar-refractivity contribution is -0.128. The number of aliphatic hydroxyl groups is 1. The van der Waals surface area contributed by atoms with Crippen molar-refractivity contribution in [2.45, 2.75) is 51.0 Å². The molecule has 5 rings (SSSR count). The fraction of sp³-hybridized carbons (Fsp3) is 0.667. The molecule has 7 heteroatoms. The number of fused-ring (bicyclic) bond motifs is 1. The Balaban J connectivity index is 1.24. The molecule has 3 heterocycles. The molecule has 2 aromatic heterocycles. The Morgan fingerprint density at radius 3 is 2.93 bits per heavy atom. The summed E-state index contributed by atoms with van der Waals surface area (Å²) in [7, 11) is 0. The third-order valence-corrected chi connectivity index (χ3v) is 7.20. The van der Waals surface area contributed by atoms with Gasteiger partial charge in [-0.2, -0.15) is 0 Å². The highest BCUT2D eigenvalue weighted by Gasteiger charge is 2.55. The lowest BCUT2D eigenvalue weighted by Gasteiger charge is -2.39. The van der Waals surface area contributed by atoms with E-state index in [2.05, 4.69) is 25.2 Å². The van der Waals surface area contributed by atoms with Crippen molar-refractivity contribution >= 4 is 22.8 Å². The number of hydrogen-bond acceptors (Lipinski definition) is 5. The summed E-state index contributed by atoms with van der Waals surface area (Å²) in [5.74, 6) is 1.50. The van der Waals surface area contributed by atoms with E-state index in [0.717, 1.165) is 62.0 Å².